The van der Waals surface area contributed by atoms with Gasteiger partial charge >= 0.3 is 144 Å². The maximum atomic E-state index is 8.54. The second-order valence-electron chi connectivity index (χ2n) is 18.0. The fraction of sp³-hybridized carbons (Fsp3) is 0.433. The summed E-state index contributed by atoms with van der Waals surface area (Å²) < 4.78 is 7.74. The second-order valence-corrected chi connectivity index (χ2v) is 23.1. The monoisotopic (exact) mass is 1480 g/mol. The fourth-order valence-electron chi connectivity index (χ4n) is 7.51. The normalized spacial score (nSPS) is 11.8. The third-order valence-electron chi connectivity index (χ3n) is 10.2. The molecule has 77 heavy (non-hydrogen) atoms. The Labute approximate surface area is 615 Å². The van der Waals surface area contributed by atoms with Crippen LogP contribution in [-0.2, 0) is 57.7 Å². The molecule has 0 spiro atoms. The summed E-state index contributed by atoms with van der Waals surface area (Å²) in [6, 6.07) is 39.8. The molecule has 2 N–H and O–H groups in total. The number of nitrogens with zero attached hydrogens (tertiary/aromatic N) is 6. The number of hydrogen-bond acceptors (Lipinski definition) is 10. The molecule has 6 aromatic rings. The van der Waals surface area contributed by atoms with Crippen LogP contribution in [0, 0.1) is 4.43 Å². The summed E-state index contributed by atoms with van der Waals surface area (Å²) in [5, 5.41) is 26.3. The molecule has 0 atom stereocenters. The number of likely N-dealkylation sites (N-methyl/N-ethyl adjacent to an activating group) is 2. The number of carbonyl (C=O) groups is 1. The van der Waals surface area contributed by atoms with E-state index >= 15 is 0 Å². The molecule has 0 unspecified atom stereocenters. The van der Waals surface area contributed by atoms with E-state index in [9.17, 15) is 0 Å². The van der Waals surface area contributed by atoms with Gasteiger partial charge in [-0.3, -0.25) is 4.43 Å². The van der Waals surface area contributed by atoms with Crippen LogP contribution < -0.4 is 153 Å². The Bertz CT molecular complexity index is 2360. The molecule has 0 fully saturated rings. The number of halogens is 2. The molecule has 8 rings (SSSR count). The van der Waals surface area contributed by atoms with Crippen molar-refractivity contribution in [3.05, 3.63) is 171 Å². The van der Waals surface area contributed by atoms with Crippen molar-refractivity contribution in [2.45, 2.75) is 146 Å². The summed E-state index contributed by atoms with van der Waals surface area (Å²) in [6.07, 6.45) is 4.75. The van der Waals surface area contributed by atoms with Crippen molar-refractivity contribution >= 4 is 53.6 Å². The SMILES string of the molecule is CC.CC.CC.CC(C)(C)P(c1ccccc1-c1ccccc1)C(C)(C)C.CC[CH-]I.CN1CCc2nc(Cl)ncc2C1.CN1CCc2nc(OCc3ccccc3)ncc2C1.O=C([O-])O.OCc1ccccc1.[Cs+].[Cs+].[V]. The van der Waals surface area contributed by atoms with E-state index in [4.69, 9.17) is 36.5 Å². The quantitative estimate of drug-likeness (QED) is 0.0688. The van der Waals surface area contributed by atoms with E-state index < -0.39 is 6.16 Å². The van der Waals surface area contributed by atoms with Gasteiger partial charge in [-0.1, -0.05) is 213 Å². The zero-order valence-corrected chi connectivity index (χ0v) is 67.3. The van der Waals surface area contributed by atoms with Crippen LogP contribution in [0.3, 0.4) is 0 Å². The summed E-state index contributed by atoms with van der Waals surface area (Å²) in [7, 11) is 3.93. The summed E-state index contributed by atoms with van der Waals surface area (Å²) in [6.45, 7) is 33.0. The van der Waals surface area contributed by atoms with Crippen molar-refractivity contribution < 1.29 is 181 Å². The number of aliphatic hydroxyl groups is 1. The first kappa shape index (κ1) is 83.6. The van der Waals surface area contributed by atoms with Crippen molar-refractivity contribution in [1.82, 2.24) is 29.7 Å². The molecule has 2 aliphatic heterocycles. The zero-order valence-electron chi connectivity index (χ0n) is 49.5. The van der Waals surface area contributed by atoms with Crippen molar-refractivity contribution in [3.8, 4) is 17.1 Å². The molecule has 413 valence electrons. The number of carboxylic acid groups (broad SMARTS) is 2. The predicted octanol–water partition coefficient (Wildman–Crippen LogP) is 8.36. The fourth-order valence-corrected chi connectivity index (χ4v) is 11.8. The molecule has 0 saturated heterocycles. The largest absolute Gasteiger partial charge is 1.00 e. The van der Waals surface area contributed by atoms with Crippen LogP contribution in [0.4, 0.5) is 4.79 Å². The Morgan fingerprint density at radius 1 is 0.701 bits per heavy atom. The van der Waals surface area contributed by atoms with Crippen molar-refractivity contribution in [3.63, 3.8) is 0 Å². The minimum Gasteiger partial charge on any atom is -0.565 e. The van der Waals surface area contributed by atoms with Crippen LogP contribution >= 0.6 is 42.1 Å². The minimum atomic E-state index is -2.08. The maximum Gasteiger partial charge on any atom is 1.00 e. The Morgan fingerprint density at radius 2 is 1.09 bits per heavy atom. The number of ether oxygens (including phenoxy) is 1. The number of aromatic nitrogens is 4. The van der Waals surface area contributed by atoms with Gasteiger partial charge in [-0.05, 0) is 63.6 Å². The Hall–Kier alpha value is 0.128. The maximum absolute atomic E-state index is 8.54. The van der Waals surface area contributed by atoms with Crippen LogP contribution in [0.5, 0.6) is 6.01 Å². The molecule has 1 radical (unpaired) electrons. The first-order valence-electron chi connectivity index (χ1n) is 25.7. The number of rotatable bonds is 7. The minimum absolute atomic E-state index is 0. The predicted molar refractivity (Wildman–Crippen MR) is 321 cm³/mol. The molecular weight excluding hydrogens is 1390 g/mol. The van der Waals surface area contributed by atoms with Crippen molar-refractivity contribution in [2.24, 2.45) is 0 Å². The van der Waals surface area contributed by atoms with Crippen molar-refractivity contribution in [1.29, 1.82) is 0 Å². The Morgan fingerprint density at radius 3 is 1.51 bits per heavy atom. The van der Waals surface area contributed by atoms with E-state index in [-0.39, 0.29) is 171 Å². The Kier molecular flexibility index (Phi) is 53.8. The second kappa shape index (κ2) is 49.5. The standard InChI is InChI=1S/C20H27P.C15H17N3O.C8H10ClN3.C7H8O.C3H6I.3C2H6.CH2O3.2Cs.V/c1-19(2,3)21(20(4,5)6)18-15-11-10-14-17(18)16-12-8-7-9-13-16;1-18-8-7-14-13(10-18)9-16-15(17-14)19-11-12-5-3-2-4-6-12;1-12-3-2-7-6(5-12)4-10-8(9)11-7;8-6-7-4-2-1-3-5-7;1-2-3-4;3*1-2;2-1(3)4;;;/h7-15H,1-6H3;2-6,9H,7-8,10-11H2,1H3;4H,2-3,5H2,1H3;1-5,8H,6H2;3H,2H2,1H3;3*1-2H3;(H2,2,3,4);;;/q;;;;-1;;;;;2*+1;/p-1. The van der Waals surface area contributed by atoms with Gasteiger partial charge in [0, 0.05) is 81.1 Å². The third-order valence-corrected chi connectivity index (χ3v) is 14.8. The average Bonchev–Trinajstić information content (AvgIpc) is 3.40. The van der Waals surface area contributed by atoms with E-state index in [1.165, 1.54) is 34.0 Å². The van der Waals surface area contributed by atoms with Gasteiger partial charge in [0.25, 0.3) is 0 Å². The summed E-state index contributed by atoms with van der Waals surface area (Å²) in [4.78, 5) is 29.9. The number of benzene rings is 4. The van der Waals surface area contributed by atoms with Crippen LogP contribution in [0.1, 0.15) is 130 Å². The van der Waals surface area contributed by atoms with Gasteiger partial charge in [0.1, 0.15) is 6.61 Å². The zero-order chi connectivity index (χ0) is 56.1. The smallest absolute Gasteiger partial charge is 0.565 e. The van der Waals surface area contributed by atoms with Gasteiger partial charge in [0.2, 0.25) is 11.4 Å². The van der Waals surface area contributed by atoms with E-state index in [1.54, 1.807) is 0 Å². The molecule has 4 aromatic carbocycles. The van der Waals surface area contributed by atoms with Crippen LogP contribution in [0.25, 0.3) is 11.1 Å². The molecule has 2 aliphatic rings. The van der Waals surface area contributed by atoms with Gasteiger partial charge < -0.3 is 57.2 Å². The third kappa shape index (κ3) is 36.5. The molecule has 2 aromatic heterocycles. The van der Waals surface area contributed by atoms with Gasteiger partial charge in [-0.2, -0.15) is 11.4 Å². The molecule has 0 aliphatic carbocycles. The van der Waals surface area contributed by atoms with Gasteiger partial charge in [0.15, 0.2) is 0 Å². The summed E-state index contributed by atoms with van der Waals surface area (Å²) in [5.41, 5.74) is 9.46. The molecule has 0 saturated carbocycles. The average molecular weight is 1480 g/mol. The number of aliphatic hydroxyl groups excluding tert-OH is 1. The summed E-state index contributed by atoms with van der Waals surface area (Å²) >= 11 is 7.90. The molecule has 4 heterocycles. The van der Waals surface area contributed by atoms with E-state index in [0.29, 0.717) is 28.2 Å². The number of hydrogen-bond donors (Lipinski definition) is 2. The van der Waals surface area contributed by atoms with Gasteiger partial charge in [0.05, 0.1) is 18.0 Å². The Balaban J connectivity index is -0.000000435. The van der Waals surface area contributed by atoms with Crippen LogP contribution in [0.2, 0.25) is 5.28 Å². The van der Waals surface area contributed by atoms with Gasteiger partial charge in [-0.25, -0.2) is 15.0 Å². The number of fused-ring (bicyclic) bond motifs is 2. The molecule has 17 heteroatoms. The first-order chi connectivity index (χ1) is 35.4. The van der Waals surface area contributed by atoms with Gasteiger partial charge in [-0.15, -0.1) is 0 Å². The molecular formula is C60H87ClCs2IN6O5PV. The van der Waals surface area contributed by atoms with E-state index in [2.05, 4.69) is 174 Å². The van der Waals surface area contributed by atoms with E-state index in [1.807, 2.05) is 115 Å². The van der Waals surface area contributed by atoms with E-state index in [0.717, 1.165) is 61.5 Å². The summed E-state index contributed by atoms with van der Waals surface area (Å²) in [5.74, 6) is 0. The molecule has 11 nitrogen and oxygen atoms in total. The molecule has 0 bridgehead atoms. The van der Waals surface area contributed by atoms with Crippen LogP contribution in [0.15, 0.2) is 128 Å². The van der Waals surface area contributed by atoms with Crippen LogP contribution in [-0.4, -0.2) is 83.6 Å². The first-order valence-corrected chi connectivity index (χ1v) is 28.6. The molecule has 0 amide bonds. The van der Waals surface area contributed by atoms with Crippen molar-refractivity contribution in [2.75, 3.05) is 27.2 Å². The topological polar surface area (TPSA) is 148 Å².